The molecule has 1 amide bonds. The van der Waals surface area contributed by atoms with E-state index in [1.165, 1.54) is 34.4 Å². The van der Waals surface area contributed by atoms with E-state index in [0.717, 1.165) is 10.6 Å². The average molecular weight is 410 g/mol. The third-order valence-electron chi connectivity index (χ3n) is 4.02. The number of hydrogen-bond donors (Lipinski definition) is 0. The lowest BCUT2D eigenvalue weighted by molar-refractivity contribution is -0.130. The predicted molar refractivity (Wildman–Crippen MR) is 112 cm³/mol. The van der Waals surface area contributed by atoms with Gasteiger partial charge in [-0.15, -0.1) is 11.3 Å². The molecule has 29 heavy (non-hydrogen) atoms. The lowest BCUT2D eigenvalue weighted by Crippen LogP contribution is -2.27. The Hall–Kier alpha value is -3.32. The summed E-state index contributed by atoms with van der Waals surface area (Å²) in [6, 6.07) is 12.7. The quantitative estimate of drug-likeness (QED) is 0.430. The van der Waals surface area contributed by atoms with Crippen molar-refractivity contribution in [1.29, 1.82) is 0 Å². The van der Waals surface area contributed by atoms with Crippen LogP contribution >= 0.6 is 11.3 Å². The van der Waals surface area contributed by atoms with E-state index < -0.39 is 0 Å². The molecule has 0 aliphatic rings. The van der Waals surface area contributed by atoms with E-state index in [0.29, 0.717) is 17.0 Å². The Bertz CT molecular complexity index is 1020. The molecule has 0 aliphatic heterocycles. The molecule has 0 spiro atoms. The molecular weight excluding hydrogens is 391 g/mol. The van der Waals surface area contributed by atoms with Gasteiger partial charge < -0.3 is 9.64 Å². The summed E-state index contributed by atoms with van der Waals surface area (Å²) in [5.74, 6) is -0.0884. The van der Waals surface area contributed by atoms with Crippen LogP contribution in [0.2, 0.25) is 0 Å². The Balaban J connectivity index is 1.60. The number of amides is 1. The summed E-state index contributed by atoms with van der Waals surface area (Å²) >= 11 is 1.42. The first-order chi connectivity index (χ1) is 13.9. The molecule has 0 fully saturated rings. The summed E-state index contributed by atoms with van der Waals surface area (Å²) in [6.07, 6.45) is 3.10. The fourth-order valence-corrected chi connectivity index (χ4v) is 3.13. The van der Waals surface area contributed by atoms with Gasteiger partial charge in [0.2, 0.25) is 0 Å². The third-order valence-corrected chi connectivity index (χ3v) is 4.93. The van der Waals surface area contributed by atoms with Crippen LogP contribution < -0.4 is 4.74 Å². The number of hydrogen-bond acceptors (Lipinski definition) is 5. The van der Waals surface area contributed by atoms with E-state index in [1.807, 2.05) is 5.38 Å². The van der Waals surface area contributed by atoms with Gasteiger partial charge in [-0.2, -0.15) is 0 Å². The lowest BCUT2D eigenvalue weighted by atomic mass is 10.1. The number of likely N-dealkylation sites (N-methyl/N-ethyl adjacent to an activating group) is 1. The number of carbonyl (C=O) groups excluding carboxylic acids is 2. The molecule has 3 aromatic rings. The van der Waals surface area contributed by atoms with Gasteiger partial charge in [0.05, 0.1) is 5.69 Å². The Morgan fingerprint density at radius 1 is 1.10 bits per heavy atom. The molecule has 0 radical (unpaired) electrons. The summed E-state index contributed by atoms with van der Waals surface area (Å²) in [7, 11) is 3.31. The van der Waals surface area contributed by atoms with Crippen LogP contribution in [-0.4, -0.2) is 42.3 Å². The van der Waals surface area contributed by atoms with Gasteiger partial charge in [-0.25, -0.2) is 9.37 Å². The zero-order valence-corrected chi connectivity index (χ0v) is 16.8. The summed E-state index contributed by atoms with van der Waals surface area (Å²) in [6.45, 7) is -0.0551. The summed E-state index contributed by atoms with van der Waals surface area (Å²) in [5.41, 5.74) is 1.98. The highest BCUT2D eigenvalue weighted by molar-refractivity contribution is 7.13. The number of allylic oxidation sites excluding steroid dienone is 1. The largest absolute Gasteiger partial charge is 0.484 e. The highest BCUT2D eigenvalue weighted by atomic mass is 32.1. The molecule has 7 heteroatoms. The standard InChI is InChI=1S/C22H19FN2O3S/c1-25(2)21(27)13-28-19-10-5-15(6-11-19)20(26)12-9-18-14-29-22(24-18)16-3-7-17(23)8-4-16/h3-12,14H,13H2,1-2H3/b12-9+. The maximum absolute atomic E-state index is 13.0. The minimum Gasteiger partial charge on any atom is -0.484 e. The van der Waals surface area contributed by atoms with Crippen LogP contribution in [0.1, 0.15) is 16.1 Å². The Morgan fingerprint density at radius 3 is 2.45 bits per heavy atom. The van der Waals surface area contributed by atoms with E-state index in [2.05, 4.69) is 4.98 Å². The first kappa shape index (κ1) is 20.4. The van der Waals surface area contributed by atoms with Crippen LogP contribution in [0.3, 0.4) is 0 Å². The monoisotopic (exact) mass is 410 g/mol. The van der Waals surface area contributed by atoms with E-state index in [-0.39, 0.29) is 24.1 Å². The third kappa shape index (κ3) is 5.58. The zero-order chi connectivity index (χ0) is 20.8. The molecule has 0 saturated carbocycles. The SMILES string of the molecule is CN(C)C(=O)COc1ccc(C(=O)/C=C/c2csc(-c3ccc(F)cc3)n2)cc1. The molecule has 0 aliphatic carbocycles. The van der Waals surface area contributed by atoms with E-state index in [1.54, 1.807) is 56.6 Å². The maximum Gasteiger partial charge on any atom is 0.259 e. The normalized spacial score (nSPS) is 10.9. The van der Waals surface area contributed by atoms with Gasteiger partial charge in [-0.05, 0) is 60.7 Å². The highest BCUT2D eigenvalue weighted by Gasteiger charge is 2.07. The van der Waals surface area contributed by atoms with Crippen molar-refractivity contribution < 1.29 is 18.7 Å². The van der Waals surface area contributed by atoms with Crippen molar-refractivity contribution in [2.24, 2.45) is 0 Å². The van der Waals surface area contributed by atoms with Gasteiger partial charge >= 0.3 is 0 Å². The van der Waals surface area contributed by atoms with Gasteiger partial charge in [0.25, 0.3) is 5.91 Å². The maximum atomic E-state index is 13.0. The number of aromatic nitrogens is 1. The van der Waals surface area contributed by atoms with Gasteiger partial charge in [-0.1, -0.05) is 0 Å². The highest BCUT2D eigenvalue weighted by Crippen LogP contribution is 2.24. The predicted octanol–water partition coefficient (Wildman–Crippen LogP) is 4.31. The molecule has 1 heterocycles. The lowest BCUT2D eigenvalue weighted by Gasteiger charge is -2.11. The van der Waals surface area contributed by atoms with E-state index >= 15 is 0 Å². The summed E-state index contributed by atoms with van der Waals surface area (Å²) in [5, 5.41) is 2.59. The molecule has 0 bridgehead atoms. The fraction of sp³-hybridized carbons (Fsp3) is 0.136. The van der Waals surface area contributed by atoms with Gasteiger partial charge in [0.15, 0.2) is 12.4 Å². The van der Waals surface area contributed by atoms with Crippen LogP contribution in [0.15, 0.2) is 60.0 Å². The van der Waals surface area contributed by atoms with Gasteiger partial charge in [0, 0.05) is 30.6 Å². The molecule has 0 atom stereocenters. The Labute approximate surface area is 172 Å². The van der Waals surface area contributed by atoms with Crippen molar-refractivity contribution in [3.05, 3.63) is 77.1 Å². The molecule has 2 aromatic carbocycles. The van der Waals surface area contributed by atoms with Crippen LogP contribution in [0, 0.1) is 5.82 Å². The van der Waals surface area contributed by atoms with Crippen LogP contribution in [0.4, 0.5) is 4.39 Å². The minimum atomic E-state index is -0.295. The average Bonchev–Trinajstić information content (AvgIpc) is 3.20. The van der Waals surface area contributed by atoms with E-state index in [9.17, 15) is 14.0 Å². The number of thiazole rings is 1. The number of carbonyl (C=O) groups is 2. The molecule has 0 N–H and O–H groups in total. The molecule has 0 unspecified atom stereocenters. The molecule has 5 nitrogen and oxygen atoms in total. The van der Waals surface area contributed by atoms with Crippen molar-refractivity contribution in [1.82, 2.24) is 9.88 Å². The number of rotatable bonds is 7. The Kier molecular flexibility index (Phi) is 6.51. The number of ketones is 1. The molecular formula is C22H19FN2O3S. The second-order valence-electron chi connectivity index (χ2n) is 6.38. The summed E-state index contributed by atoms with van der Waals surface area (Å²) in [4.78, 5) is 29.8. The molecule has 148 valence electrons. The van der Waals surface area contributed by atoms with Crippen molar-refractivity contribution in [3.8, 4) is 16.3 Å². The topological polar surface area (TPSA) is 59.5 Å². The van der Waals surface area contributed by atoms with Crippen molar-refractivity contribution in [2.75, 3.05) is 20.7 Å². The number of nitrogens with zero attached hydrogens (tertiary/aromatic N) is 2. The molecule has 3 rings (SSSR count). The van der Waals surface area contributed by atoms with Crippen molar-refractivity contribution in [2.45, 2.75) is 0 Å². The van der Waals surface area contributed by atoms with Crippen LogP contribution in [0.25, 0.3) is 16.6 Å². The first-order valence-corrected chi connectivity index (χ1v) is 9.67. The second-order valence-corrected chi connectivity index (χ2v) is 7.24. The summed E-state index contributed by atoms with van der Waals surface area (Å²) < 4.78 is 18.4. The second kappa shape index (κ2) is 9.25. The van der Waals surface area contributed by atoms with Crippen LogP contribution in [0.5, 0.6) is 5.75 Å². The minimum absolute atomic E-state index is 0.0551. The van der Waals surface area contributed by atoms with Crippen LogP contribution in [-0.2, 0) is 4.79 Å². The molecule has 1 aromatic heterocycles. The zero-order valence-electron chi connectivity index (χ0n) is 16.0. The number of ether oxygens (including phenoxy) is 1. The number of benzene rings is 2. The van der Waals surface area contributed by atoms with Gasteiger partial charge in [-0.3, -0.25) is 9.59 Å². The smallest absolute Gasteiger partial charge is 0.259 e. The first-order valence-electron chi connectivity index (χ1n) is 8.79. The number of halogens is 1. The fourth-order valence-electron chi connectivity index (χ4n) is 2.33. The van der Waals surface area contributed by atoms with Gasteiger partial charge in [0.1, 0.15) is 16.6 Å². The van der Waals surface area contributed by atoms with E-state index in [4.69, 9.17) is 4.74 Å². The van der Waals surface area contributed by atoms with Crippen molar-refractivity contribution >= 4 is 29.1 Å². The Morgan fingerprint density at radius 2 is 1.79 bits per heavy atom. The molecule has 0 saturated heterocycles. The van der Waals surface area contributed by atoms with Crippen molar-refractivity contribution in [3.63, 3.8) is 0 Å².